The van der Waals surface area contributed by atoms with Gasteiger partial charge in [-0.2, -0.15) is 0 Å². The highest BCUT2D eigenvalue weighted by atomic mass is 16.6. The first-order valence-corrected chi connectivity index (χ1v) is 9.10. The fraction of sp³-hybridized carbons (Fsp3) is 0.238. The van der Waals surface area contributed by atoms with Crippen LogP contribution in [0.5, 0.6) is 5.75 Å². The number of rotatable bonds is 8. The molecule has 150 valence electrons. The molecule has 1 aliphatic rings. The van der Waals surface area contributed by atoms with E-state index in [1.54, 1.807) is 53.4 Å². The van der Waals surface area contributed by atoms with E-state index in [1.807, 2.05) is 0 Å². The van der Waals surface area contributed by atoms with Gasteiger partial charge in [0.1, 0.15) is 5.75 Å². The Morgan fingerprint density at radius 3 is 2.52 bits per heavy atom. The van der Waals surface area contributed by atoms with Crippen molar-refractivity contribution in [1.82, 2.24) is 0 Å². The van der Waals surface area contributed by atoms with Crippen molar-refractivity contribution in [3.8, 4) is 5.75 Å². The van der Waals surface area contributed by atoms with Gasteiger partial charge in [-0.25, -0.2) is 4.79 Å². The number of esters is 1. The van der Waals surface area contributed by atoms with Crippen molar-refractivity contribution in [3.05, 3.63) is 54.1 Å². The highest BCUT2D eigenvalue weighted by Gasteiger charge is 2.21. The van der Waals surface area contributed by atoms with Crippen LogP contribution in [0.4, 0.5) is 11.4 Å². The standard InChI is InChI=1S/C21H20N2O6/c24-12-15-4-1-2-5-18(15)28-14-21(27)29-13-19(25)22-16-7-9-17(10-8-16)23-11-3-6-20(23)26/h1-2,4-5,7-10,12H,3,6,11,13-14H2,(H,22,25). The van der Waals surface area contributed by atoms with E-state index in [-0.39, 0.29) is 11.7 Å². The molecule has 1 N–H and O–H groups in total. The Kier molecular flexibility index (Phi) is 6.57. The molecule has 1 heterocycles. The highest BCUT2D eigenvalue weighted by molar-refractivity contribution is 5.96. The van der Waals surface area contributed by atoms with E-state index in [2.05, 4.69) is 5.32 Å². The zero-order valence-electron chi connectivity index (χ0n) is 15.6. The van der Waals surface area contributed by atoms with Crippen LogP contribution in [-0.4, -0.2) is 43.8 Å². The summed E-state index contributed by atoms with van der Waals surface area (Å²) >= 11 is 0. The van der Waals surface area contributed by atoms with Gasteiger partial charge in [0.2, 0.25) is 5.91 Å². The minimum Gasteiger partial charge on any atom is -0.481 e. The average Bonchev–Trinajstić information content (AvgIpc) is 3.17. The number of nitrogens with one attached hydrogen (secondary N) is 1. The molecule has 0 spiro atoms. The van der Waals surface area contributed by atoms with Crippen molar-refractivity contribution in [3.63, 3.8) is 0 Å². The molecule has 0 unspecified atom stereocenters. The van der Waals surface area contributed by atoms with Gasteiger partial charge in [-0.15, -0.1) is 0 Å². The summed E-state index contributed by atoms with van der Waals surface area (Å²) in [5.41, 5.74) is 1.62. The Morgan fingerprint density at radius 2 is 1.83 bits per heavy atom. The molecule has 8 nitrogen and oxygen atoms in total. The summed E-state index contributed by atoms with van der Waals surface area (Å²) in [6.07, 6.45) is 2.01. The van der Waals surface area contributed by atoms with Crippen LogP contribution in [0.2, 0.25) is 0 Å². The fourth-order valence-corrected chi connectivity index (χ4v) is 2.88. The van der Waals surface area contributed by atoms with Crippen molar-refractivity contribution in [1.29, 1.82) is 0 Å². The first kappa shape index (κ1) is 20.1. The van der Waals surface area contributed by atoms with Crippen LogP contribution in [0.3, 0.4) is 0 Å². The molecule has 2 aromatic carbocycles. The average molecular weight is 396 g/mol. The molecule has 2 aromatic rings. The third kappa shape index (κ3) is 5.41. The summed E-state index contributed by atoms with van der Waals surface area (Å²) in [4.78, 5) is 48.0. The number of nitrogens with zero attached hydrogens (tertiary/aromatic N) is 1. The third-order valence-electron chi connectivity index (χ3n) is 4.29. The number of para-hydroxylation sites is 1. The van der Waals surface area contributed by atoms with Gasteiger partial charge in [0, 0.05) is 24.3 Å². The van der Waals surface area contributed by atoms with Crippen LogP contribution in [-0.2, 0) is 19.1 Å². The van der Waals surface area contributed by atoms with Gasteiger partial charge in [-0.1, -0.05) is 12.1 Å². The molecule has 2 amide bonds. The van der Waals surface area contributed by atoms with Gasteiger partial charge in [0.05, 0.1) is 5.56 Å². The second kappa shape index (κ2) is 9.50. The number of hydrogen-bond donors (Lipinski definition) is 1. The molecule has 0 saturated carbocycles. The van der Waals surface area contributed by atoms with Crippen LogP contribution in [0.1, 0.15) is 23.2 Å². The SMILES string of the molecule is O=Cc1ccccc1OCC(=O)OCC(=O)Nc1ccc(N2CCCC2=O)cc1. The van der Waals surface area contributed by atoms with Crippen LogP contribution in [0, 0.1) is 0 Å². The molecule has 0 aromatic heterocycles. The molecule has 0 bridgehead atoms. The van der Waals surface area contributed by atoms with E-state index in [0.717, 1.165) is 12.1 Å². The van der Waals surface area contributed by atoms with Crippen LogP contribution < -0.4 is 15.0 Å². The minimum absolute atomic E-state index is 0.0895. The summed E-state index contributed by atoms with van der Waals surface area (Å²) in [7, 11) is 0. The van der Waals surface area contributed by atoms with Gasteiger partial charge in [0.25, 0.3) is 5.91 Å². The quantitative estimate of drug-likeness (QED) is 0.542. The van der Waals surface area contributed by atoms with Gasteiger partial charge in [-0.05, 0) is 42.8 Å². The summed E-state index contributed by atoms with van der Waals surface area (Å²) < 4.78 is 10.1. The van der Waals surface area contributed by atoms with E-state index in [0.29, 0.717) is 30.5 Å². The lowest BCUT2D eigenvalue weighted by molar-refractivity contribution is -0.149. The van der Waals surface area contributed by atoms with Crippen molar-refractivity contribution < 1.29 is 28.7 Å². The van der Waals surface area contributed by atoms with Crippen LogP contribution >= 0.6 is 0 Å². The summed E-state index contributed by atoms with van der Waals surface area (Å²) in [5, 5.41) is 2.61. The maximum absolute atomic E-state index is 11.9. The number of anilines is 2. The lowest BCUT2D eigenvalue weighted by Gasteiger charge is -2.16. The predicted octanol–water partition coefficient (Wildman–Crippen LogP) is 2.19. The minimum atomic E-state index is -0.733. The number of hydrogen-bond acceptors (Lipinski definition) is 6. The smallest absolute Gasteiger partial charge is 0.344 e. The van der Waals surface area contributed by atoms with Crippen LogP contribution in [0.15, 0.2) is 48.5 Å². The Morgan fingerprint density at radius 1 is 1.07 bits per heavy atom. The summed E-state index contributed by atoms with van der Waals surface area (Å²) in [6.45, 7) is -0.194. The van der Waals surface area contributed by atoms with E-state index in [4.69, 9.17) is 9.47 Å². The number of carbonyl (C=O) groups excluding carboxylic acids is 4. The van der Waals surface area contributed by atoms with Gasteiger partial charge in [0.15, 0.2) is 19.5 Å². The lowest BCUT2D eigenvalue weighted by Crippen LogP contribution is -2.24. The molecular formula is C21H20N2O6. The normalized spacial score (nSPS) is 13.1. The van der Waals surface area contributed by atoms with Crippen molar-refractivity contribution in [2.75, 3.05) is 30.0 Å². The number of carbonyl (C=O) groups is 4. The molecule has 0 aliphatic carbocycles. The zero-order chi connectivity index (χ0) is 20.6. The molecule has 1 fully saturated rings. The van der Waals surface area contributed by atoms with Gasteiger partial charge < -0.3 is 19.7 Å². The van der Waals surface area contributed by atoms with Crippen LogP contribution in [0.25, 0.3) is 0 Å². The number of benzene rings is 2. The second-order valence-corrected chi connectivity index (χ2v) is 6.35. The molecule has 0 radical (unpaired) electrons. The molecule has 1 saturated heterocycles. The topological polar surface area (TPSA) is 102 Å². The van der Waals surface area contributed by atoms with Crippen molar-refractivity contribution >= 4 is 35.4 Å². The molecular weight excluding hydrogens is 376 g/mol. The van der Waals surface area contributed by atoms with E-state index < -0.39 is 25.1 Å². The van der Waals surface area contributed by atoms with E-state index in [1.165, 1.54) is 0 Å². The van der Waals surface area contributed by atoms with Gasteiger partial charge >= 0.3 is 5.97 Å². The third-order valence-corrected chi connectivity index (χ3v) is 4.29. The fourth-order valence-electron chi connectivity index (χ4n) is 2.88. The lowest BCUT2D eigenvalue weighted by atomic mass is 10.2. The Bertz CT molecular complexity index is 910. The first-order valence-electron chi connectivity index (χ1n) is 9.10. The van der Waals surface area contributed by atoms with E-state index in [9.17, 15) is 19.2 Å². The first-order chi connectivity index (χ1) is 14.1. The van der Waals surface area contributed by atoms with Gasteiger partial charge in [-0.3, -0.25) is 14.4 Å². The Hall–Kier alpha value is -3.68. The number of ether oxygens (including phenoxy) is 2. The maximum Gasteiger partial charge on any atom is 0.344 e. The molecule has 29 heavy (non-hydrogen) atoms. The number of amides is 2. The number of aldehydes is 1. The summed E-state index contributed by atoms with van der Waals surface area (Å²) in [6, 6.07) is 13.3. The highest BCUT2D eigenvalue weighted by Crippen LogP contribution is 2.23. The maximum atomic E-state index is 11.9. The summed E-state index contributed by atoms with van der Waals surface area (Å²) in [5.74, 6) is -0.882. The van der Waals surface area contributed by atoms with E-state index >= 15 is 0 Å². The molecule has 1 aliphatic heterocycles. The molecule has 8 heteroatoms. The second-order valence-electron chi connectivity index (χ2n) is 6.35. The monoisotopic (exact) mass is 396 g/mol. The Labute approximate surface area is 167 Å². The molecule has 3 rings (SSSR count). The zero-order valence-corrected chi connectivity index (χ0v) is 15.6. The molecule has 0 atom stereocenters. The van der Waals surface area contributed by atoms with Crippen molar-refractivity contribution in [2.45, 2.75) is 12.8 Å². The Balaban J connectivity index is 1.43. The predicted molar refractivity (Wildman–Crippen MR) is 105 cm³/mol. The van der Waals surface area contributed by atoms with Crippen molar-refractivity contribution in [2.24, 2.45) is 0 Å². The largest absolute Gasteiger partial charge is 0.481 e.